The van der Waals surface area contributed by atoms with Crippen molar-refractivity contribution in [3.05, 3.63) is 157 Å². The minimum atomic E-state index is -3.80. The monoisotopic (exact) mass is 590 g/mol. The van der Waals surface area contributed by atoms with Crippen molar-refractivity contribution in [2.75, 3.05) is 0 Å². The van der Waals surface area contributed by atoms with Crippen molar-refractivity contribution in [2.45, 2.75) is 43.4 Å². The van der Waals surface area contributed by atoms with Crippen LogP contribution in [0.15, 0.2) is 157 Å². The number of hydrogen-bond donors (Lipinski definition) is 0. The minimum absolute atomic E-state index is 0.278. The van der Waals surface area contributed by atoms with Crippen LogP contribution in [0.3, 0.4) is 0 Å². The molecule has 0 radical (unpaired) electrons. The van der Waals surface area contributed by atoms with Gasteiger partial charge in [0.15, 0.2) is 9.84 Å². The Morgan fingerprint density at radius 3 is 1.31 bits per heavy atom. The van der Waals surface area contributed by atoms with Crippen molar-refractivity contribution >= 4 is 33.7 Å². The molecule has 0 unspecified atom stereocenters. The van der Waals surface area contributed by atoms with Crippen molar-refractivity contribution in [1.29, 1.82) is 0 Å². The summed E-state index contributed by atoms with van der Waals surface area (Å²) >= 11 is 0. The van der Waals surface area contributed by atoms with Gasteiger partial charge in [-0.05, 0) is 45.1 Å². The van der Waals surface area contributed by atoms with E-state index in [9.17, 15) is 8.42 Å². The molecule has 5 aromatic carbocycles. The molecule has 42 heavy (non-hydrogen) atoms. The van der Waals surface area contributed by atoms with Crippen LogP contribution in [-0.2, 0) is 14.3 Å². The third-order valence-corrected chi connectivity index (χ3v) is 13.8. The predicted molar refractivity (Wildman–Crippen MR) is 176 cm³/mol. The van der Waals surface area contributed by atoms with Gasteiger partial charge < -0.3 is 4.43 Å². The van der Waals surface area contributed by atoms with Gasteiger partial charge in [-0.15, -0.1) is 0 Å². The van der Waals surface area contributed by atoms with Crippen molar-refractivity contribution in [3.8, 4) is 0 Å². The zero-order valence-corrected chi connectivity index (χ0v) is 26.2. The molecule has 2 atom stereocenters. The molecule has 5 heteroatoms. The summed E-state index contributed by atoms with van der Waals surface area (Å²) in [5.41, 5.74) is 0.574. The van der Waals surface area contributed by atoms with E-state index >= 15 is 0 Å². The first kappa shape index (κ1) is 29.7. The van der Waals surface area contributed by atoms with Crippen LogP contribution in [0.4, 0.5) is 0 Å². The summed E-state index contributed by atoms with van der Waals surface area (Å²) in [6, 6.07) is 49.7. The first-order chi connectivity index (χ1) is 20.2. The fourth-order valence-electron chi connectivity index (χ4n) is 5.68. The van der Waals surface area contributed by atoms with Gasteiger partial charge in [-0.2, -0.15) is 0 Å². The zero-order valence-electron chi connectivity index (χ0n) is 24.4. The van der Waals surface area contributed by atoms with Crippen LogP contribution >= 0.6 is 0 Å². The zero-order chi connectivity index (χ0) is 29.6. The van der Waals surface area contributed by atoms with Gasteiger partial charge in [0.2, 0.25) is 0 Å². The number of rotatable bonds is 10. The molecule has 0 saturated carbocycles. The standard InChI is InChI=1S/C37H38O3SSi/c1-37(2,3)29-35(41(38,39)31-21-11-5-12-22-31)36(30-19-9-4-10-20-30)40-42(32-23-13-6-14-24-32,33-25-15-7-16-26-33)34-27-17-8-18-28-34/h4-28,35-36H,29H2,1-3H3/t35-,36-/m0/s1. The highest BCUT2D eigenvalue weighted by atomic mass is 32.2. The molecule has 0 amide bonds. The summed E-state index contributed by atoms with van der Waals surface area (Å²) in [5.74, 6) is 0. The molecule has 5 aromatic rings. The smallest absolute Gasteiger partial charge is 0.288 e. The van der Waals surface area contributed by atoms with Crippen LogP contribution in [0.25, 0.3) is 0 Å². The molecular formula is C37H38O3SSi. The molecule has 0 fully saturated rings. The number of hydrogen-bond acceptors (Lipinski definition) is 3. The largest absolute Gasteiger partial charge is 0.396 e. The molecule has 5 rings (SSSR count). The van der Waals surface area contributed by atoms with E-state index in [0.717, 1.165) is 21.1 Å². The normalized spacial score (nSPS) is 13.8. The second kappa shape index (κ2) is 12.6. The van der Waals surface area contributed by atoms with E-state index in [1.807, 2.05) is 91.0 Å². The van der Waals surface area contributed by atoms with E-state index in [1.165, 1.54) is 0 Å². The Morgan fingerprint density at radius 2 is 0.929 bits per heavy atom. The Kier molecular flexibility index (Phi) is 8.93. The molecule has 0 saturated heterocycles. The minimum Gasteiger partial charge on any atom is -0.396 e. The van der Waals surface area contributed by atoms with Gasteiger partial charge in [-0.25, -0.2) is 8.42 Å². The van der Waals surface area contributed by atoms with Gasteiger partial charge in [-0.1, -0.05) is 160 Å². The summed E-state index contributed by atoms with van der Waals surface area (Å²) in [5, 5.41) is 2.37. The van der Waals surface area contributed by atoms with Crippen LogP contribution in [0.5, 0.6) is 0 Å². The van der Waals surface area contributed by atoms with Crippen molar-refractivity contribution in [1.82, 2.24) is 0 Å². The average Bonchev–Trinajstić information content (AvgIpc) is 3.02. The lowest BCUT2D eigenvalue weighted by atomic mass is 9.87. The molecule has 0 N–H and O–H groups in total. The molecule has 0 aromatic heterocycles. The summed E-state index contributed by atoms with van der Waals surface area (Å²) in [7, 11) is -7.06. The first-order valence-electron chi connectivity index (χ1n) is 14.4. The second-order valence-corrected chi connectivity index (χ2v) is 17.4. The lowest BCUT2D eigenvalue weighted by Gasteiger charge is -2.40. The van der Waals surface area contributed by atoms with Gasteiger partial charge in [0.25, 0.3) is 8.32 Å². The summed E-state index contributed by atoms with van der Waals surface area (Å²) in [6.07, 6.45) is -0.310. The quantitative estimate of drug-likeness (QED) is 0.134. The molecule has 0 aliphatic rings. The Balaban J connectivity index is 1.82. The topological polar surface area (TPSA) is 43.4 Å². The number of sulfone groups is 1. The van der Waals surface area contributed by atoms with E-state index in [1.54, 1.807) is 24.3 Å². The van der Waals surface area contributed by atoms with Crippen LogP contribution in [0.1, 0.15) is 38.9 Å². The fourth-order valence-corrected chi connectivity index (χ4v) is 12.0. The summed E-state index contributed by atoms with van der Waals surface area (Å²) in [4.78, 5) is 0.315. The molecule has 0 aliphatic heterocycles. The van der Waals surface area contributed by atoms with E-state index in [4.69, 9.17) is 4.43 Å². The van der Waals surface area contributed by atoms with Gasteiger partial charge in [-0.3, -0.25) is 0 Å². The highest BCUT2D eigenvalue weighted by Crippen LogP contribution is 2.39. The Labute approximate surface area is 251 Å². The van der Waals surface area contributed by atoms with Gasteiger partial charge in [0.1, 0.15) is 0 Å². The highest BCUT2D eigenvalue weighted by Gasteiger charge is 2.48. The molecule has 0 bridgehead atoms. The maximum absolute atomic E-state index is 14.7. The van der Waals surface area contributed by atoms with Gasteiger partial charge in [0, 0.05) is 0 Å². The van der Waals surface area contributed by atoms with Crippen molar-refractivity contribution < 1.29 is 12.8 Å². The SMILES string of the molecule is CC(C)(C)C[C@@H]([C@@H](O[Si](c1ccccc1)(c1ccccc1)c1ccccc1)c1ccccc1)S(=O)(=O)c1ccccc1. The maximum Gasteiger partial charge on any atom is 0.288 e. The van der Waals surface area contributed by atoms with Gasteiger partial charge >= 0.3 is 0 Å². The Bertz CT molecular complexity index is 1560. The predicted octanol–water partition coefficient (Wildman–Crippen LogP) is 6.69. The third kappa shape index (κ3) is 6.34. The highest BCUT2D eigenvalue weighted by molar-refractivity contribution is 7.92. The summed E-state index contributed by atoms with van der Waals surface area (Å²) in [6.45, 7) is 6.29. The van der Waals surface area contributed by atoms with Crippen LogP contribution in [0.2, 0.25) is 0 Å². The van der Waals surface area contributed by atoms with E-state index in [-0.39, 0.29) is 5.41 Å². The molecule has 3 nitrogen and oxygen atoms in total. The van der Waals surface area contributed by atoms with Gasteiger partial charge in [0.05, 0.1) is 16.2 Å². The Morgan fingerprint density at radius 1 is 0.571 bits per heavy atom. The van der Waals surface area contributed by atoms with E-state index in [2.05, 4.69) is 57.2 Å². The molecule has 0 aliphatic carbocycles. The average molecular weight is 591 g/mol. The van der Waals surface area contributed by atoms with E-state index in [0.29, 0.717) is 11.3 Å². The van der Waals surface area contributed by atoms with Crippen molar-refractivity contribution in [2.24, 2.45) is 5.41 Å². The lowest BCUT2D eigenvalue weighted by Crippen LogP contribution is -2.70. The third-order valence-electron chi connectivity index (χ3n) is 7.59. The lowest BCUT2D eigenvalue weighted by molar-refractivity contribution is 0.175. The molecule has 0 heterocycles. The van der Waals surface area contributed by atoms with Crippen molar-refractivity contribution in [3.63, 3.8) is 0 Å². The first-order valence-corrected chi connectivity index (χ1v) is 17.9. The Hall–Kier alpha value is -3.77. The molecule has 214 valence electrons. The fraction of sp³-hybridized carbons (Fsp3) is 0.189. The van der Waals surface area contributed by atoms with E-state index < -0.39 is 29.5 Å². The summed E-state index contributed by atoms with van der Waals surface area (Å²) < 4.78 is 37.0. The van der Waals surface area contributed by atoms with Crippen LogP contribution in [0, 0.1) is 5.41 Å². The number of benzene rings is 5. The molecule has 0 spiro atoms. The molecular weight excluding hydrogens is 553 g/mol. The van der Waals surface area contributed by atoms with Crippen LogP contribution in [-0.4, -0.2) is 22.0 Å². The second-order valence-electron chi connectivity index (χ2n) is 11.9. The van der Waals surface area contributed by atoms with Crippen LogP contribution < -0.4 is 15.6 Å². The maximum atomic E-state index is 14.7.